The Balaban J connectivity index is 1.64. The van der Waals surface area contributed by atoms with Gasteiger partial charge in [0.05, 0.1) is 16.8 Å². The average molecular weight is 415 g/mol. The molecule has 1 fully saturated rings. The van der Waals surface area contributed by atoms with E-state index in [2.05, 4.69) is 15.4 Å². The molecule has 156 valence electrons. The number of nitrogens with zero attached hydrogens (tertiary/aromatic N) is 4. The van der Waals surface area contributed by atoms with Gasteiger partial charge in [-0.25, -0.2) is 4.68 Å². The van der Waals surface area contributed by atoms with Gasteiger partial charge in [0.15, 0.2) is 5.82 Å². The fourth-order valence-electron chi connectivity index (χ4n) is 3.61. The van der Waals surface area contributed by atoms with E-state index in [1.54, 1.807) is 29.9 Å². The van der Waals surface area contributed by atoms with Crippen LogP contribution in [0.5, 0.6) is 0 Å². The predicted octanol–water partition coefficient (Wildman–Crippen LogP) is 3.71. The molecule has 3 heterocycles. The number of halogens is 3. The SMILES string of the molecule is C/C=C/C(=O)NC1CCN(c2nn(-c3ccc(C(F)(F)F)cc3)c3cccnc23)C1. The van der Waals surface area contributed by atoms with E-state index >= 15 is 0 Å². The number of rotatable bonds is 4. The first-order valence-corrected chi connectivity index (χ1v) is 9.56. The number of fused-ring (bicyclic) bond motifs is 1. The third-order valence-corrected chi connectivity index (χ3v) is 5.01. The van der Waals surface area contributed by atoms with Gasteiger partial charge in [-0.05, 0) is 55.8 Å². The van der Waals surface area contributed by atoms with E-state index in [1.807, 2.05) is 11.0 Å². The number of pyridine rings is 1. The van der Waals surface area contributed by atoms with Crippen molar-refractivity contribution in [2.24, 2.45) is 0 Å². The van der Waals surface area contributed by atoms with Gasteiger partial charge in [0.25, 0.3) is 0 Å². The number of amides is 1. The topological polar surface area (TPSA) is 63.1 Å². The Kier molecular flexibility index (Phi) is 5.19. The minimum atomic E-state index is -4.39. The Morgan fingerprint density at radius 1 is 1.23 bits per heavy atom. The highest BCUT2D eigenvalue weighted by atomic mass is 19.4. The first kappa shape index (κ1) is 19.9. The second-order valence-electron chi connectivity index (χ2n) is 7.09. The first-order valence-electron chi connectivity index (χ1n) is 9.56. The van der Waals surface area contributed by atoms with Crippen molar-refractivity contribution >= 4 is 22.8 Å². The van der Waals surface area contributed by atoms with Crippen molar-refractivity contribution in [2.75, 3.05) is 18.0 Å². The highest BCUT2D eigenvalue weighted by molar-refractivity contribution is 5.89. The average Bonchev–Trinajstić information content (AvgIpc) is 3.32. The maximum absolute atomic E-state index is 12.9. The predicted molar refractivity (Wildman–Crippen MR) is 107 cm³/mol. The molecule has 1 amide bonds. The number of allylic oxidation sites excluding steroid dienone is 1. The zero-order valence-corrected chi connectivity index (χ0v) is 16.2. The number of carbonyl (C=O) groups is 1. The van der Waals surface area contributed by atoms with Gasteiger partial charge >= 0.3 is 6.18 Å². The van der Waals surface area contributed by atoms with Crippen LogP contribution >= 0.6 is 0 Å². The molecule has 1 aliphatic heterocycles. The van der Waals surface area contributed by atoms with Gasteiger partial charge in [0.1, 0.15) is 5.52 Å². The second-order valence-corrected chi connectivity index (χ2v) is 7.09. The summed E-state index contributed by atoms with van der Waals surface area (Å²) >= 11 is 0. The molecule has 0 radical (unpaired) electrons. The van der Waals surface area contributed by atoms with Gasteiger partial charge in [-0.15, -0.1) is 5.10 Å². The van der Waals surface area contributed by atoms with Crippen LogP contribution in [0.2, 0.25) is 0 Å². The fraction of sp³-hybridized carbons (Fsp3) is 0.286. The third kappa shape index (κ3) is 3.87. The van der Waals surface area contributed by atoms with E-state index < -0.39 is 11.7 Å². The Hall–Kier alpha value is -3.36. The molecule has 6 nitrogen and oxygen atoms in total. The number of anilines is 1. The van der Waals surface area contributed by atoms with Crippen LogP contribution in [0.4, 0.5) is 19.0 Å². The maximum atomic E-state index is 12.9. The molecular weight excluding hydrogens is 395 g/mol. The molecule has 1 unspecified atom stereocenters. The summed E-state index contributed by atoms with van der Waals surface area (Å²) in [7, 11) is 0. The van der Waals surface area contributed by atoms with Gasteiger partial charge in [0.2, 0.25) is 5.91 Å². The number of aromatic nitrogens is 3. The highest BCUT2D eigenvalue weighted by Crippen LogP contribution is 2.32. The van der Waals surface area contributed by atoms with Crippen molar-refractivity contribution in [1.82, 2.24) is 20.1 Å². The number of carbonyl (C=O) groups excluding carboxylic acids is 1. The number of hydrogen-bond acceptors (Lipinski definition) is 4. The van der Waals surface area contributed by atoms with Gasteiger partial charge in [-0.3, -0.25) is 9.78 Å². The first-order chi connectivity index (χ1) is 14.4. The van der Waals surface area contributed by atoms with Crippen molar-refractivity contribution < 1.29 is 18.0 Å². The molecular formula is C21H20F3N5O. The summed E-state index contributed by atoms with van der Waals surface area (Å²) in [5.41, 5.74) is 1.18. The van der Waals surface area contributed by atoms with E-state index in [1.165, 1.54) is 18.2 Å². The van der Waals surface area contributed by atoms with Gasteiger partial charge in [-0.1, -0.05) is 6.08 Å². The van der Waals surface area contributed by atoms with Crippen molar-refractivity contribution in [1.29, 1.82) is 0 Å². The van der Waals surface area contributed by atoms with Crippen LogP contribution in [0.25, 0.3) is 16.7 Å². The molecule has 1 aliphatic rings. The molecule has 9 heteroatoms. The van der Waals surface area contributed by atoms with E-state index in [9.17, 15) is 18.0 Å². The maximum Gasteiger partial charge on any atom is 0.416 e. The molecule has 3 aromatic rings. The summed E-state index contributed by atoms with van der Waals surface area (Å²) in [5.74, 6) is 0.510. The van der Waals surface area contributed by atoms with Gasteiger partial charge < -0.3 is 10.2 Å². The molecule has 1 aromatic carbocycles. The van der Waals surface area contributed by atoms with Crippen LogP contribution in [0, 0.1) is 0 Å². The lowest BCUT2D eigenvalue weighted by molar-refractivity contribution is -0.137. The highest BCUT2D eigenvalue weighted by Gasteiger charge is 2.31. The van der Waals surface area contributed by atoms with Crippen molar-refractivity contribution in [2.45, 2.75) is 25.6 Å². The standard InChI is InChI=1S/C21H20F3N5O/c1-2-4-18(30)26-15-10-12-28(13-15)20-19-17(5-3-11-25-19)29(27-20)16-8-6-14(7-9-16)21(22,23)24/h2-9,11,15H,10,12-13H2,1H3,(H,26,30)/b4-2+. The van der Waals surface area contributed by atoms with Crippen molar-refractivity contribution in [3.05, 3.63) is 60.3 Å². The monoisotopic (exact) mass is 415 g/mol. The summed E-state index contributed by atoms with van der Waals surface area (Å²) in [6, 6.07) is 8.47. The van der Waals surface area contributed by atoms with E-state index in [-0.39, 0.29) is 11.9 Å². The molecule has 0 spiro atoms. The van der Waals surface area contributed by atoms with E-state index in [4.69, 9.17) is 0 Å². The summed E-state index contributed by atoms with van der Waals surface area (Å²) in [6.45, 7) is 3.06. The van der Waals surface area contributed by atoms with Crippen LogP contribution in [0.1, 0.15) is 18.9 Å². The van der Waals surface area contributed by atoms with Crippen LogP contribution in [0.3, 0.4) is 0 Å². The third-order valence-electron chi connectivity index (χ3n) is 5.01. The van der Waals surface area contributed by atoms with Crippen LogP contribution in [-0.2, 0) is 11.0 Å². The lowest BCUT2D eigenvalue weighted by Gasteiger charge is -2.16. The Morgan fingerprint density at radius 3 is 2.70 bits per heavy atom. The van der Waals surface area contributed by atoms with Crippen LogP contribution in [-0.4, -0.2) is 39.8 Å². The van der Waals surface area contributed by atoms with E-state index in [0.717, 1.165) is 18.6 Å². The molecule has 0 aliphatic carbocycles. The molecule has 0 bridgehead atoms. The summed E-state index contributed by atoms with van der Waals surface area (Å²) in [6.07, 6.45) is 1.21. The zero-order chi connectivity index (χ0) is 21.3. The fourth-order valence-corrected chi connectivity index (χ4v) is 3.61. The lowest BCUT2D eigenvalue weighted by atomic mass is 10.2. The molecule has 0 saturated carbocycles. The second kappa shape index (κ2) is 7.81. The number of benzene rings is 1. The van der Waals surface area contributed by atoms with Gasteiger partial charge in [0, 0.05) is 25.3 Å². The van der Waals surface area contributed by atoms with Crippen LogP contribution < -0.4 is 10.2 Å². The molecule has 1 atom stereocenters. The Morgan fingerprint density at radius 2 is 2.00 bits per heavy atom. The zero-order valence-electron chi connectivity index (χ0n) is 16.2. The lowest BCUT2D eigenvalue weighted by Crippen LogP contribution is -2.36. The van der Waals surface area contributed by atoms with E-state index in [0.29, 0.717) is 35.6 Å². The molecule has 1 saturated heterocycles. The Bertz CT molecular complexity index is 1090. The summed E-state index contributed by atoms with van der Waals surface area (Å²) < 4.78 is 40.3. The smallest absolute Gasteiger partial charge is 0.351 e. The molecule has 1 N–H and O–H groups in total. The molecule has 4 rings (SSSR count). The van der Waals surface area contributed by atoms with Crippen molar-refractivity contribution in [3.63, 3.8) is 0 Å². The minimum Gasteiger partial charge on any atom is -0.351 e. The number of nitrogens with one attached hydrogen (secondary N) is 1. The van der Waals surface area contributed by atoms with Crippen molar-refractivity contribution in [3.8, 4) is 5.69 Å². The summed E-state index contributed by atoms with van der Waals surface area (Å²) in [5, 5.41) is 7.61. The molecule has 30 heavy (non-hydrogen) atoms. The minimum absolute atomic E-state index is 0.0105. The number of alkyl halides is 3. The Labute approximate surface area is 171 Å². The molecule has 2 aromatic heterocycles. The number of hydrogen-bond donors (Lipinski definition) is 1. The quantitative estimate of drug-likeness (QED) is 0.660. The van der Waals surface area contributed by atoms with Crippen LogP contribution in [0.15, 0.2) is 54.7 Å². The normalized spacial score (nSPS) is 17.2. The largest absolute Gasteiger partial charge is 0.416 e. The van der Waals surface area contributed by atoms with Gasteiger partial charge in [-0.2, -0.15) is 13.2 Å². The summed E-state index contributed by atoms with van der Waals surface area (Å²) in [4.78, 5) is 18.3.